The fourth-order valence-corrected chi connectivity index (χ4v) is 2.33. The van der Waals surface area contributed by atoms with Gasteiger partial charge >= 0.3 is 0 Å². The van der Waals surface area contributed by atoms with E-state index in [-0.39, 0.29) is 17.7 Å². The summed E-state index contributed by atoms with van der Waals surface area (Å²) >= 11 is 0. The van der Waals surface area contributed by atoms with Gasteiger partial charge in [-0.1, -0.05) is 30.3 Å². The maximum Gasteiger partial charge on any atom is 0.257 e. The number of nitrogens with zero attached hydrogens (tertiary/aromatic N) is 1. The van der Waals surface area contributed by atoms with Crippen LogP contribution in [0.1, 0.15) is 31.1 Å². The number of phenols is 1. The Kier molecular flexibility index (Phi) is 3.74. The Morgan fingerprint density at radius 2 is 1.89 bits per heavy atom. The van der Waals surface area contributed by atoms with Crippen molar-refractivity contribution in [2.45, 2.75) is 26.8 Å². The zero-order valence-corrected chi connectivity index (χ0v) is 11.6. The van der Waals surface area contributed by atoms with E-state index in [4.69, 9.17) is 0 Å². The summed E-state index contributed by atoms with van der Waals surface area (Å²) < 4.78 is 0. The molecule has 0 unspecified atom stereocenters. The number of carbonyl (C=O) groups is 1. The number of benzene rings is 2. The van der Waals surface area contributed by atoms with Gasteiger partial charge in [-0.25, -0.2) is 0 Å². The fraction of sp³-hybridized carbons (Fsp3) is 0.312. The van der Waals surface area contributed by atoms with Gasteiger partial charge in [0.05, 0.1) is 5.56 Å². The number of fused-ring (bicyclic) bond motifs is 1. The fourth-order valence-electron chi connectivity index (χ4n) is 2.33. The van der Waals surface area contributed by atoms with E-state index in [1.54, 1.807) is 11.0 Å². The smallest absolute Gasteiger partial charge is 0.257 e. The lowest BCUT2D eigenvalue weighted by Gasteiger charge is -2.25. The maximum absolute atomic E-state index is 12.4. The zero-order valence-electron chi connectivity index (χ0n) is 11.6. The average Bonchev–Trinajstić information content (AvgIpc) is 2.39. The lowest BCUT2D eigenvalue weighted by molar-refractivity contribution is 0.0714. The minimum Gasteiger partial charge on any atom is -0.506 e. The molecule has 2 aromatic rings. The van der Waals surface area contributed by atoms with Gasteiger partial charge in [0.25, 0.3) is 5.91 Å². The third-order valence-corrected chi connectivity index (χ3v) is 3.36. The van der Waals surface area contributed by atoms with Gasteiger partial charge in [0, 0.05) is 18.0 Å². The Hall–Kier alpha value is -2.03. The van der Waals surface area contributed by atoms with Gasteiger partial charge in [-0.3, -0.25) is 4.79 Å². The number of rotatable bonds is 3. The van der Waals surface area contributed by atoms with Crippen molar-refractivity contribution in [1.82, 2.24) is 4.90 Å². The van der Waals surface area contributed by atoms with Crippen molar-refractivity contribution in [3.63, 3.8) is 0 Å². The molecule has 1 N–H and O–H groups in total. The van der Waals surface area contributed by atoms with Gasteiger partial charge in [-0.2, -0.15) is 0 Å². The van der Waals surface area contributed by atoms with E-state index in [2.05, 4.69) is 0 Å². The van der Waals surface area contributed by atoms with Crippen LogP contribution in [0, 0.1) is 0 Å². The first kappa shape index (κ1) is 13.4. The van der Waals surface area contributed by atoms with Crippen molar-refractivity contribution < 1.29 is 9.90 Å². The van der Waals surface area contributed by atoms with E-state index in [0.717, 1.165) is 5.39 Å². The minimum atomic E-state index is -0.124. The molecular weight excluding hydrogens is 238 g/mol. The van der Waals surface area contributed by atoms with Crippen LogP contribution in [-0.2, 0) is 0 Å². The molecule has 2 aromatic carbocycles. The molecule has 100 valence electrons. The molecule has 0 fully saturated rings. The van der Waals surface area contributed by atoms with Gasteiger partial charge in [0.1, 0.15) is 5.75 Å². The van der Waals surface area contributed by atoms with Crippen LogP contribution in [0.4, 0.5) is 0 Å². The first-order valence-corrected chi connectivity index (χ1v) is 6.58. The van der Waals surface area contributed by atoms with Gasteiger partial charge in [0.2, 0.25) is 0 Å². The van der Waals surface area contributed by atoms with E-state index in [9.17, 15) is 9.90 Å². The molecule has 3 nitrogen and oxygen atoms in total. The van der Waals surface area contributed by atoms with Crippen LogP contribution in [-0.4, -0.2) is 28.5 Å². The highest BCUT2D eigenvalue weighted by Gasteiger charge is 2.20. The standard InChI is InChI=1S/C16H19NO2/c1-4-17(11(2)3)16(19)14-10-9-12-7-5-6-8-13(12)15(14)18/h5-11,18H,4H2,1-3H3. The molecule has 2 rings (SSSR count). The molecule has 0 aliphatic carbocycles. The lowest BCUT2D eigenvalue weighted by Crippen LogP contribution is -2.36. The number of phenolic OH excluding ortho intramolecular Hbond substituents is 1. The van der Waals surface area contributed by atoms with Gasteiger partial charge < -0.3 is 10.0 Å². The third kappa shape index (κ3) is 2.41. The quantitative estimate of drug-likeness (QED) is 0.915. The van der Waals surface area contributed by atoms with Gasteiger partial charge in [-0.05, 0) is 32.2 Å². The SMILES string of the molecule is CCN(C(=O)c1ccc2ccccc2c1O)C(C)C. The number of aromatic hydroxyl groups is 1. The second-order valence-corrected chi connectivity index (χ2v) is 4.87. The number of amides is 1. The summed E-state index contributed by atoms with van der Waals surface area (Å²) in [5.41, 5.74) is 0.370. The molecule has 0 saturated carbocycles. The van der Waals surface area contributed by atoms with Crippen LogP contribution >= 0.6 is 0 Å². The van der Waals surface area contributed by atoms with Crippen LogP contribution in [0.5, 0.6) is 5.75 Å². The minimum absolute atomic E-state index is 0.0715. The predicted molar refractivity (Wildman–Crippen MR) is 77.5 cm³/mol. The molecule has 0 spiro atoms. The average molecular weight is 257 g/mol. The summed E-state index contributed by atoms with van der Waals surface area (Å²) in [5, 5.41) is 11.9. The molecule has 0 radical (unpaired) electrons. The second kappa shape index (κ2) is 5.31. The highest BCUT2D eigenvalue weighted by Crippen LogP contribution is 2.29. The summed E-state index contributed by atoms with van der Waals surface area (Å²) in [4.78, 5) is 14.2. The van der Waals surface area contributed by atoms with Crippen LogP contribution < -0.4 is 0 Å². The summed E-state index contributed by atoms with van der Waals surface area (Å²) in [5.74, 6) is -0.0528. The number of hydrogen-bond acceptors (Lipinski definition) is 2. The summed E-state index contributed by atoms with van der Waals surface area (Å²) in [6, 6.07) is 11.2. The van der Waals surface area contributed by atoms with E-state index < -0.39 is 0 Å². The first-order chi connectivity index (χ1) is 9.06. The molecule has 0 aromatic heterocycles. The van der Waals surface area contributed by atoms with Crippen molar-refractivity contribution in [3.05, 3.63) is 42.0 Å². The molecule has 0 aliphatic heterocycles. The van der Waals surface area contributed by atoms with Gasteiger partial charge in [0.15, 0.2) is 0 Å². The Morgan fingerprint density at radius 1 is 1.21 bits per heavy atom. The first-order valence-electron chi connectivity index (χ1n) is 6.58. The van der Waals surface area contributed by atoms with E-state index in [1.807, 2.05) is 51.1 Å². The maximum atomic E-state index is 12.4. The van der Waals surface area contributed by atoms with E-state index in [0.29, 0.717) is 17.5 Å². The number of hydrogen-bond donors (Lipinski definition) is 1. The molecule has 0 heterocycles. The topological polar surface area (TPSA) is 40.5 Å². The van der Waals surface area contributed by atoms with E-state index in [1.165, 1.54) is 0 Å². The summed E-state index contributed by atoms with van der Waals surface area (Å²) in [6.07, 6.45) is 0. The Morgan fingerprint density at radius 3 is 2.53 bits per heavy atom. The van der Waals surface area contributed by atoms with Crippen molar-refractivity contribution in [2.75, 3.05) is 6.54 Å². The normalized spacial score (nSPS) is 10.9. The monoisotopic (exact) mass is 257 g/mol. The third-order valence-electron chi connectivity index (χ3n) is 3.36. The lowest BCUT2D eigenvalue weighted by atomic mass is 10.0. The van der Waals surface area contributed by atoms with Crippen LogP contribution in [0.2, 0.25) is 0 Å². The highest BCUT2D eigenvalue weighted by molar-refractivity contribution is 6.03. The Balaban J connectivity index is 2.51. The van der Waals surface area contributed by atoms with Crippen molar-refractivity contribution >= 4 is 16.7 Å². The summed E-state index contributed by atoms with van der Waals surface area (Å²) in [6.45, 7) is 6.51. The van der Waals surface area contributed by atoms with Crippen molar-refractivity contribution in [3.8, 4) is 5.75 Å². The molecule has 0 saturated heterocycles. The molecule has 3 heteroatoms. The zero-order chi connectivity index (χ0) is 14.0. The van der Waals surface area contributed by atoms with Crippen LogP contribution in [0.25, 0.3) is 10.8 Å². The molecule has 0 atom stereocenters. The largest absolute Gasteiger partial charge is 0.506 e. The highest BCUT2D eigenvalue weighted by atomic mass is 16.3. The van der Waals surface area contributed by atoms with Gasteiger partial charge in [-0.15, -0.1) is 0 Å². The Bertz CT molecular complexity index is 605. The predicted octanol–water partition coefficient (Wildman–Crippen LogP) is 3.42. The molecule has 19 heavy (non-hydrogen) atoms. The summed E-state index contributed by atoms with van der Waals surface area (Å²) in [7, 11) is 0. The van der Waals surface area contributed by atoms with Crippen LogP contribution in [0.3, 0.4) is 0 Å². The van der Waals surface area contributed by atoms with Crippen molar-refractivity contribution in [2.24, 2.45) is 0 Å². The second-order valence-electron chi connectivity index (χ2n) is 4.87. The van der Waals surface area contributed by atoms with Crippen molar-refractivity contribution in [1.29, 1.82) is 0 Å². The number of carbonyl (C=O) groups excluding carboxylic acids is 1. The molecular formula is C16H19NO2. The van der Waals surface area contributed by atoms with E-state index >= 15 is 0 Å². The molecule has 0 aliphatic rings. The molecule has 1 amide bonds. The Labute approximate surface area is 113 Å². The molecule has 0 bridgehead atoms. The van der Waals surface area contributed by atoms with Crippen LogP contribution in [0.15, 0.2) is 36.4 Å².